The van der Waals surface area contributed by atoms with Gasteiger partial charge in [0.15, 0.2) is 5.13 Å². The Morgan fingerprint density at radius 1 is 1.22 bits per heavy atom. The minimum atomic E-state index is -0.121. The normalized spacial score (nSPS) is 16.5. The summed E-state index contributed by atoms with van der Waals surface area (Å²) in [6.45, 7) is 8.40. The average Bonchev–Trinajstić information content (AvgIpc) is 3.17. The first kappa shape index (κ1) is 16.5. The monoisotopic (exact) mass is 350 g/mol. The molecular weight excluding hydrogens is 328 g/mol. The van der Waals surface area contributed by atoms with Crippen LogP contribution in [0.4, 0.5) is 5.13 Å². The van der Waals surface area contributed by atoms with Gasteiger partial charge in [-0.25, -0.2) is 9.97 Å². The number of thiazole rings is 2. The van der Waals surface area contributed by atoms with Crippen molar-refractivity contribution in [2.24, 2.45) is 0 Å². The van der Waals surface area contributed by atoms with Gasteiger partial charge in [0, 0.05) is 16.5 Å². The van der Waals surface area contributed by atoms with Crippen LogP contribution in [0, 0.1) is 0 Å². The third-order valence-corrected chi connectivity index (χ3v) is 6.35. The number of carbonyl (C=O) groups excluding carboxylic acids is 1. The molecule has 0 aliphatic carbocycles. The fourth-order valence-corrected chi connectivity index (χ4v) is 4.37. The second-order valence-corrected chi connectivity index (χ2v) is 8.92. The standard InChI is InChI=1S/C16H22N4OS2/c1-16(2,3)14-18-9-12(22-14)13(21)20-15-19-8-11(23-15)10-4-6-17-7-5-10/h8-10,17H,4-7H2,1-3H3,(H,19,20,21). The van der Waals surface area contributed by atoms with E-state index in [2.05, 4.69) is 41.4 Å². The molecule has 1 amide bonds. The van der Waals surface area contributed by atoms with Gasteiger partial charge in [0.1, 0.15) is 4.88 Å². The Morgan fingerprint density at radius 2 is 1.96 bits per heavy atom. The first-order valence-electron chi connectivity index (χ1n) is 7.87. The molecule has 0 spiro atoms. The number of hydrogen-bond acceptors (Lipinski definition) is 6. The SMILES string of the molecule is CC(C)(C)c1ncc(C(=O)Nc2ncc(C3CCNCC3)s2)s1. The highest BCUT2D eigenvalue weighted by atomic mass is 32.1. The number of amides is 1. The molecule has 1 fully saturated rings. The molecule has 0 bridgehead atoms. The Hall–Kier alpha value is -1.31. The number of piperidine rings is 1. The van der Waals surface area contributed by atoms with Crippen molar-refractivity contribution in [2.45, 2.75) is 44.9 Å². The van der Waals surface area contributed by atoms with Crippen LogP contribution in [0.3, 0.4) is 0 Å². The molecule has 0 atom stereocenters. The van der Waals surface area contributed by atoms with Crippen LogP contribution in [0.1, 0.15) is 59.1 Å². The number of nitrogens with zero attached hydrogens (tertiary/aromatic N) is 2. The Balaban J connectivity index is 1.66. The van der Waals surface area contributed by atoms with Crippen LogP contribution in [-0.2, 0) is 5.41 Å². The molecule has 2 aromatic rings. The van der Waals surface area contributed by atoms with Crippen molar-refractivity contribution in [3.63, 3.8) is 0 Å². The van der Waals surface area contributed by atoms with Gasteiger partial charge in [-0.1, -0.05) is 20.8 Å². The lowest BCUT2D eigenvalue weighted by Crippen LogP contribution is -2.26. The maximum atomic E-state index is 12.4. The summed E-state index contributed by atoms with van der Waals surface area (Å²) in [4.78, 5) is 23.0. The topological polar surface area (TPSA) is 66.9 Å². The quantitative estimate of drug-likeness (QED) is 0.887. The molecule has 7 heteroatoms. The van der Waals surface area contributed by atoms with Crippen molar-refractivity contribution in [1.29, 1.82) is 0 Å². The average molecular weight is 351 g/mol. The molecule has 0 aromatic carbocycles. The zero-order valence-corrected chi connectivity index (χ0v) is 15.3. The van der Waals surface area contributed by atoms with E-state index in [0.717, 1.165) is 30.9 Å². The van der Waals surface area contributed by atoms with Gasteiger partial charge in [-0.15, -0.1) is 22.7 Å². The molecule has 1 saturated heterocycles. The number of carbonyl (C=O) groups is 1. The molecule has 5 nitrogen and oxygen atoms in total. The molecule has 2 aromatic heterocycles. The minimum Gasteiger partial charge on any atom is -0.317 e. The number of hydrogen-bond donors (Lipinski definition) is 2. The summed E-state index contributed by atoms with van der Waals surface area (Å²) >= 11 is 3.04. The lowest BCUT2D eigenvalue weighted by molar-refractivity contribution is 0.103. The summed E-state index contributed by atoms with van der Waals surface area (Å²) in [6, 6.07) is 0. The van der Waals surface area contributed by atoms with Crippen molar-refractivity contribution in [2.75, 3.05) is 18.4 Å². The van der Waals surface area contributed by atoms with Gasteiger partial charge in [0.05, 0.1) is 11.2 Å². The predicted molar refractivity (Wildman–Crippen MR) is 95.7 cm³/mol. The molecule has 0 radical (unpaired) electrons. The highest BCUT2D eigenvalue weighted by molar-refractivity contribution is 7.16. The largest absolute Gasteiger partial charge is 0.317 e. The maximum Gasteiger partial charge on any atom is 0.269 e. The molecule has 23 heavy (non-hydrogen) atoms. The summed E-state index contributed by atoms with van der Waals surface area (Å²) in [5.74, 6) is 0.444. The lowest BCUT2D eigenvalue weighted by Gasteiger charge is -2.20. The Morgan fingerprint density at radius 3 is 2.61 bits per heavy atom. The first-order chi connectivity index (χ1) is 10.9. The van der Waals surface area contributed by atoms with Crippen molar-refractivity contribution in [3.05, 3.63) is 27.2 Å². The van der Waals surface area contributed by atoms with Crippen LogP contribution in [-0.4, -0.2) is 29.0 Å². The van der Waals surface area contributed by atoms with Crippen LogP contribution in [0.5, 0.6) is 0 Å². The Bertz CT molecular complexity index is 680. The second-order valence-electron chi connectivity index (χ2n) is 6.83. The van der Waals surface area contributed by atoms with E-state index in [1.807, 2.05) is 6.20 Å². The van der Waals surface area contributed by atoms with Gasteiger partial charge in [-0.3, -0.25) is 10.1 Å². The fraction of sp³-hybridized carbons (Fsp3) is 0.562. The van der Waals surface area contributed by atoms with E-state index in [1.165, 1.54) is 16.2 Å². The molecule has 3 rings (SSSR count). The van der Waals surface area contributed by atoms with Gasteiger partial charge < -0.3 is 5.32 Å². The van der Waals surface area contributed by atoms with Gasteiger partial charge in [0.2, 0.25) is 0 Å². The van der Waals surface area contributed by atoms with Crippen molar-refractivity contribution < 1.29 is 4.79 Å². The van der Waals surface area contributed by atoms with Gasteiger partial charge in [-0.2, -0.15) is 0 Å². The van der Waals surface area contributed by atoms with Crippen LogP contribution in [0.25, 0.3) is 0 Å². The van der Waals surface area contributed by atoms with E-state index >= 15 is 0 Å². The summed E-state index contributed by atoms with van der Waals surface area (Å²) in [5, 5.41) is 7.92. The Labute approximate surface area is 144 Å². The second kappa shape index (κ2) is 6.67. The summed E-state index contributed by atoms with van der Waals surface area (Å²) in [6.07, 6.45) is 5.84. The van der Waals surface area contributed by atoms with Crippen LogP contribution >= 0.6 is 22.7 Å². The molecule has 0 saturated carbocycles. The number of rotatable bonds is 3. The van der Waals surface area contributed by atoms with Gasteiger partial charge in [0.25, 0.3) is 5.91 Å². The van der Waals surface area contributed by atoms with Gasteiger partial charge >= 0.3 is 0 Å². The molecular formula is C16H22N4OS2. The van der Waals surface area contributed by atoms with E-state index in [0.29, 0.717) is 15.9 Å². The van der Waals surface area contributed by atoms with E-state index in [9.17, 15) is 4.79 Å². The van der Waals surface area contributed by atoms with Crippen LogP contribution in [0.15, 0.2) is 12.4 Å². The van der Waals surface area contributed by atoms with E-state index < -0.39 is 0 Å². The first-order valence-corrected chi connectivity index (χ1v) is 9.51. The minimum absolute atomic E-state index is 0.0352. The molecule has 3 heterocycles. The Kier molecular flexibility index (Phi) is 4.79. The molecule has 2 N–H and O–H groups in total. The molecule has 124 valence electrons. The van der Waals surface area contributed by atoms with Gasteiger partial charge in [-0.05, 0) is 31.8 Å². The predicted octanol–water partition coefficient (Wildman–Crippen LogP) is 3.62. The lowest BCUT2D eigenvalue weighted by atomic mass is 9.97. The number of anilines is 1. The van der Waals surface area contributed by atoms with E-state index in [-0.39, 0.29) is 11.3 Å². The van der Waals surface area contributed by atoms with Crippen LogP contribution in [0.2, 0.25) is 0 Å². The fourth-order valence-electron chi connectivity index (χ4n) is 2.52. The summed E-state index contributed by atoms with van der Waals surface area (Å²) in [7, 11) is 0. The third-order valence-electron chi connectivity index (χ3n) is 3.86. The molecule has 1 aliphatic heterocycles. The molecule has 1 aliphatic rings. The van der Waals surface area contributed by atoms with Crippen LogP contribution < -0.4 is 10.6 Å². The smallest absolute Gasteiger partial charge is 0.269 e. The highest BCUT2D eigenvalue weighted by Crippen LogP contribution is 2.32. The zero-order valence-electron chi connectivity index (χ0n) is 13.7. The maximum absolute atomic E-state index is 12.4. The summed E-state index contributed by atoms with van der Waals surface area (Å²) < 4.78 is 0. The number of aromatic nitrogens is 2. The van der Waals surface area contributed by atoms with Crippen molar-refractivity contribution >= 4 is 33.7 Å². The van der Waals surface area contributed by atoms with E-state index in [4.69, 9.17) is 0 Å². The summed E-state index contributed by atoms with van der Waals surface area (Å²) in [5.41, 5.74) is -0.0352. The highest BCUT2D eigenvalue weighted by Gasteiger charge is 2.22. The van der Waals surface area contributed by atoms with Crippen molar-refractivity contribution in [1.82, 2.24) is 15.3 Å². The van der Waals surface area contributed by atoms with E-state index in [1.54, 1.807) is 17.5 Å². The number of nitrogens with one attached hydrogen (secondary N) is 2. The third kappa shape index (κ3) is 3.97. The van der Waals surface area contributed by atoms with Crippen molar-refractivity contribution in [3.8, 4) is 0 Å². The molecule has 0 unspecified atom stereocenters. The zero-order chi connectivity index (χ0) is 16.4.